The van der Waals surface area contributed by atoms with E-state index in [2.05, 4.69) is 15.8 Å². The lowest BCUT2D eigenvalue weighted by molar-refractivity contribution is 1.05. The first kappa shape index (κ1) is 14.8. The molecule has 3 nitrogen and oxygen atoms in total. The predicted molar refractivity (Wildman–Crippen MR) is 89.9 cm³/mol. The van der Waals surface area contributed by atoms with Crippen molar-refractivity contribution in [2.45, 2.75) is 0 Å². The zero-order chi connectivity index (χ0) is 14.4. The molecule has 2 rings (SSSR count). The molecule has 0 fully saturated rings. The van der Waals surface area contributed by atoms with E-state index in [1.54, 1.807) is 18.3 Å². The van der Waals surface area contributed by atoms with E-state index in [1.807, 2.05) is 36.4 Å². The van der Waals surface area contributed by atoms with Crippen LogP contribution >= 0.6 is 35.4 Å². The summed E-state index contributed by atoms with van der Waals surface area (Å²) in [5.74, 6) is 0. The number of hydrazone groups is 1. The molecule has 2 N–H and O–H groups in total. The van der Waals surface area contributed by atoms with Crippen LogP contribution in [0.2, 0.25) is 10.0 Å². The van der Waals surface area contributed by atoms with Crippen LogP contribution in [0.3, 0.4) is 0 Å². The third-order valence-corrected chi connectivity index (χ3v) is 3.41. The molecule has 0 atom stereocenters. The maximum absolute atomic E-state index is 6.04. The molecule has 0 spiro atoms. The third-order valence-electron chi connectivity index (χ3n) is 2.38. The Bertz CT molecular complexity index is 630. The Hall–Kier alpha value is -1.62. The molecule has 0 radical (unpaired) electrons. The number of thiocarbonyl (C=S) groups is 1. The Morgan fingerprint density at radius 1 is 1.05 bits per heavy atom. The van der Waals surface area contributed by atoms with Crippen LogP contribution in [0.4, 0.5) is 5.69 Å². The van der Waals surface area contributed by atoms with E-state index >= 15 is 0 Å². The number of benzene rings is 2. The van der Waals surface area contributed by atoms with Crippen LogP contribution in [0.5, 0.6) is 0 Å². The second kappa shape index (κ2) is 7.24. The van der Waals surface area contributed by atoms with Crippen molar-refractivity contribution in [2.24, 2.45) is 5.10 Å². The van der Waals surface area contributed by atoms with Crippen LogP contribution in [0.1, 0.15) is 5.56 Å². The van der Waals surface area contributed by atoms with Gasteiger partial charge in [-0.3, -0.25) is 5.43 Å². The second-order valence-electron chi connectivity index (χ2n) is 3.83. The van der Waals surface area contributed by atoms with Crippen LogP contribution in [-0.2, 0) is 0 Å². The van der Waals surface area contributed by atoms with Gasteiger partial charge in [0.15, 0.2) is 5.11 Å². The van der Waals surface area contributed by atoms with Gasteiger partial charge in [0.2, 0.25) is 0 Å². The SMILES string of the molecule is S=C(NN=Cc1cccc(Cl)c1Cl)Nc1ccccc1. The van der Waals surface area contributed by atoms with Crippen LogP contribution in [0, 0.1) is 0 Å². The molecule has 102 valence electrons. The van der Waals surface area contributed by atoms with E-state index in [9.17, 15) is 0 Å². The van der Waals surface area contributed by atoms with Gasteiger partial charge in [0.05, 0.1) is 16.3 Å². The monoisotopic (exact) mass is 323 g/mol. The second-order valence-corrected chi connectivity index (χ2v) is 5.03. The van der Waals surface area contributed by atoms with Gasteiger partial charge in [-0.2, -0.15) is 5.10 Å². The molecule has 0 saturated heterocycles. The molecule has 0 aliphatic heterocycles. The van der Waals surface area contributed by atoms with Gasteiger partial charge in [0.25, 0.3) is 0 Å². The van der Waals surface area contributed by atoms with Gasteiger partial charge >= 0.3 is 0 Å². The van der Waals surface area contributed by atoms with Gasteiger partial charge in [-0.25, -0.2) is 0 Å². The summed E-state index contributed by atoms with van der Waals surface area (Å²) in [6.07, 6.45) is 1.56. The summed E-state index contributed by atoms with van der Waals surface area (Å²) >= 11 is 17.1. The van der Waals surface area contributed by atoms with Gasteiger partial charge in [0, 0.05) is 11.3 Å². The molecule has 0 saturated carbocycles. The Balaban J connectivity index is 1.93. The van der Waals surface area contributed by atoms with E-state index in [-0.39, 0.29) is 0 Å². The molecular weight excluding hydrogens is 313 g/mol. The van der Waals surface area contributed by atoms with Crippen molar-refractivity contribution < 1.29 is 0 Å². The molecule has 0 aliphatic carbocycles. The van der Waals surface area contributed by atoms with E-state index in [1.165, 1.54) is 0 Å². The average Bonchev–Trinajstić information content (AvgIpc) is 2.44. The summed E-state index contributed by atoms with van der Waals surface area (Å²) in [6.45, 7) is 0. The Morgan fingerprint density at radius 3 is 2.55 bits per heavy atom. The van der Waals surface area contributed by atoms with Crippen molar-refractivity contribution in [3.05, 3.63) is 64.1 Å². The molecule has 0 amide bonds. The number of hydrogen-bond acceptors (Lipinski definition) is 2. The van der Waals surface area contributed by atoms with E-state index in [0.29, 0.717) is 20.7 Å². The van der Waals surface area contributed by atoms with Crippen molar-refractivity contribution in [2.75, 3.05) is 5.32 Å². The van der Waals surface area contributed by atoms with Crippen LogP contribution in [0.15, 0.2) is 53.6 Å². The number of rotatable bonds is 3. The van der Waals surface area contributed by atoms with E-state index in [4.69, 9.17) is 35.4 Å². The van der Waals surface area contributed by atoms with Crippen molar-refractivity contribution >= 4 is 52.4 Å². The molecule has 0 aromatic heterocycles. The van der Waals surface area contributed by atoms with Crippen LogP contribution in [0.25, 0.3) is 0 Å². The quantitative estimate of drug-likeness (QED) is 0.502. The van der Waals surface area contributed by atoms with Crippen molar-refractivity contribution in [3.63, 3.8) is 0 Å². The minimum absolute atomic E-state index is 0.394. The summed E-state index contributed by atoms with van der Waals surface area (Å²) in [6, 6.07) is 14.9. The summed E-state index contributed by atoms with van der Waals surface area (Å²) in [7, 11) is 0. The average molecular weight is 324 g/mol. The number of para-hydroxylation sites is 1. The molecule has 2 aromatic carbocycles. The van der Waals surface area contributed by atoms with Crippen LogP contribution < -0.4 is 10.7 Å². The highest BCUT2D eigenvalue weighted by atomic mass is 35.5. The van der Waals surface area contributed by atoms with E-state index < -0.39 is 0 Å². The zero-order valence-corrected chi connectivity index (χ0v) is 12.6. The fourth-order valence-corrected chi connectivity index (χ4v) is 1.99. The Labute approximate surface area is 132 Å². The number of hydrogen-bond donors (Lipinski definition) is 2. The van der Waals surface area contributed by atoms with Gasteiger partial charge in [0.1, 0.15) is 0 Å². The van der Waals surface area contributed by atoms with Crippen molar-refractivity contribution in [1.82, 2.24) is 5.43 Å². The van der Waals surface area contributed by atoms with Crippen LogP contribution in [-0.4, -0.2) is 11.3 Å². The lowest BCUT2D eigenvalue weighted by atomic mass is 10.2. The van der Waals surface area contributed by atoms with Gasteiger partial charge in [-0.1, -0.05) is 53.5 Å². The van der Waals surface area contributed by atoms with Crippen molar-refractivity contribution in [1.29, 1.82) is 0 Å². The van der Waals surface area contributed by atoms with Gasteiger partial charge in [-0.15, -0.1) is 0 Å². The Kier molecular flexibility index (Phi) is 5.35. The van der Waals surface area contributed by atoms with Gasteiger partial charge < -0.3 is 5.32 Å². The van der Waals surface area contributed by atoms with Gasteiger partial charge in [-0.05, 0) is 30.4 Å². The third kappa shape index (κ3) is 4.20. The lowest BCUT2D eigenvalue weighted by Gasteiger charge is -2.06. The molecule has 0 bridgehead atoms. The normalized spacial score (nSPS) is 10.5. The minimum atomic E-state index is 0.394. The summed E-state index contributed by atoms with van der Waals surface area (Å²) < 4.78 is 0. The Morgan fingerprint density at radius 2 is 1.80 bits per heavy atom. The zero-order valence-electron chi connectivity index (χ0n) is 10.3. The fourth-order valence-electron chi connectivity index (χ4n) is 1.46. The standard InChI is InChI=1S/C14H11Cl2N3S/c15-12-8-4-5-10(13(12)16)9-17-19-14(20)18-11-6-2-1-3-7-11/h1-9H,(H2,18,19,20). The molecule has 6 heteroatoms. The summed E-state index contributed by atoms with van der Waals surface area (Å²) in [5.41, 5.74) is 4.32. The maximum atomic E-state index is 6.04. The van der Waals surface area contributed by atoms with Crippen molar-refractivity contribution in [3.8, 4) is 0 Å². The highest BCUT2D eigenvalue weighted by molar-refractivity contribution is 7.80. The first-order valence-electron chi connectivity index (χ1n) is 5.76. The number of nitrogens with zero attached hydrogens (tertiary/aromatic N) is 1. The summed E-state index contributed by atoms with van der Waals surface area (Å²) in [4.78, 5) is 0. The highest BCUT2D eigenvalue weighted by Gasteiger charge is 2.01. The largest absolute Gasteiger partial charge is 0.331 e. The molecule has 0 aliphatic rings. The summed E-state index contributed by atoms with van der Waals surface area (Å²) in [5, 5.41) is 8.36. The number of halogens is 2. The number of anilines is 1. The molecule has 2 aromatic rings. The lowest BCUT2D eigenvalue weighted by Crippen LogP contribution is -2.23. The molecule has 0 heterocycles. The molecule has 20 heavy (non-hydrogen) atoms. The highest BCUT2D eigenvalue weighted by Crippen LogP contribution is 2.24. The maximum Gasteiger partial charge on any atom is 0.191 e. The topological polar surface area (TPSA) is 36.4 Å². The molecular formula is C14H11Cl2N3S. The first-order valence-corrected chi connectivity index (χ1v) is 6.92. The minimum Gasteiger partial charge on any atom is -0.331 e. The smallest absolute Gasteiger partial charge is 0.191 e. The first-order chi connectivity index (χ1) is 9.66. The predicted octanol–water partition coefficient (Wildman–Crippen LogP) is 4.31. The van der Waals surface area contributed by atoms with E-state index in [0.717, 1.165) is 5.69 Å². The molecule has 0 unspecified atom stereocenters. The number of nitrogens with one attached hydrogen (secondary N) is 2. The fraction of sp³-hybridized carbons (Fsp3) is 0.